The topological polar surface area (TPSA) is 55.6 Å². The minimum atomic E-state index is -4.41. The highest BCUT2D eigenvalue weighted by molar-refractivity contribution is 5.81. The van der Waals surface area contributed by atoms with E-state index >= 15 is 0 Å². The molecule has 0 aromatic heterocycles. The third-order valence-corrected chi connectivity index (χ3v) is 2.52. The van der Waals surface area contributed by atoms with Crippen molar-refractivity contribution in [1.29, 1.82) is 0 Å². The van der Waals surface area contributed by atoms with E-state index in [1.165, 1.54) is 0 Å². The van der Waals surface area contributed by atoms with Crippen LogP contribution < -0.4 is 5.73 Å². The molecule has 0 unspecified atom stereocenters. The number of hydrogen-bond donors (Lipinski definition) is 1. The van der Waals surface area contributed by atoms with Gasteiger partial charge in [-0.2, -0.15) is 13.2 Å². The fourth-order valence-electron chi connectivity index (χ4n) is 1.65. The smallest absolute Gasteiger partial charge is 0.382 e. The van der Waals surface area contributed by atoms with Gasteiger partial charge in [-0.25, -0.2) is 0 Å². The molecule has 0 heterocycles. The van der Waals surface area contributed by atoms with Crippen molar-refractivity contribution >= 4 is 5.91 Å². The Labute approximate surface area is 112 Å². The molecule has 0 spiro atoms. The normalized spacial score (nSPS) is 13.4. The van der Waals surface area contributed by atoms with Crippen LogP contribution in [0.1, 0.15) is 33.1 Å². The zero-order valence-electron chi connectivity index (χ0n) is 11.5. The first-order valence-corrected chi connectivity index (χ1v) is 6.50. The van der Waals surface area contributed by atoms with Crippen molar-refractivity contribution in [2.24, 2.45) is 5.73 Å². The van der Waals surface area contributed by atoms with Gasteiger partial charge in [0.25, 0.3) is 0 Å². The SMILES string of the molecule is CCC[C@H](N)C(=O)N(CCCOCC)CC(F)(F)F. The Bertz CT molecular complexity index is 260. The standard InChI is InChI=1S/C12H23F3N2O2/c1-3-6-10(16)11(18)17(9-12(13,14)15)7-5-8-19-4-2/h10H,3-9,16H2,1-2H3/t10-/m0/s1. The summed E-state index contributed by atoms with van der Waals surface area (Å²) in [5.74, 6) is -0.643. The maximum absolute atomic E-state index is 12.4. The van der Waals surface area contributed by atoms with Crippen molar-refractivity contribution in [1.82, 2.24) is 4.90 Å². The first kappa shape index (κ1) is 18.2. The molecule has 0 radical (unpaired) electrons. The van der Waals surface area contributed by atoms with E-state index in [0.29, 0.717) is 32.5 Å². The summed E-state index contributed by atoms with van der Waals surface area (Å²) in [7, 11) is 0. The largest absolute Gasteiger partial charge is 0.406 e. The molecule has 0 aromatic rings. The van der Waals surface area contributed by atoms with Gasteiger partial charge < -0.3 is 15.4 Å². The maximum atomic E-state index is 12.4. The van der Waals surface area contributed by atoms with Crippen molar-refractivity contribution in [3.63, 3.8) is 0 Å². The summed E-state index contributed by atoms with van der Waals surface area (Å²) in [4.78, 5) is 12.6. The first-order valence-electron chi connectivity index (χ1n) is 6.50. The van der Waals surface area contributed by atoms with Gasteiger partial charge in [-0.1, -0.05) is 13.3 Å². The Morgan fingerprint density at radius 1 is 1.37 bits per heavy atom. The van der Waals surface area contributed by atoms with E-state index in [4.69, 9.17) is 10.5 Å². The number of nitrogens with two attached hydrogens (primary N) is 1. The van der Waals surface area contributed by atoms with Crippen LogP contribution in [-0.4, -0.2) is 49.3 Å². The van der Waals surface area contributed by atoms with Crippen LogP contribution in [0.2, 0.25) is 0 Å². The van der Waals surface area contributed by atoms with Crippen molar-refractivity contribution < 1.29 is 22.7 Å². The second-order valence-electron chi connectivity index (χ2n) is 4.32. The van der Waals surface area contributed by atoms with Gasteiger partial charge >= 0.3 is 6.18 Å². The number of alkyl halides is 3. The molecule has 1 atom stereocenters. The highest BCUT2D eigenvalue weighted by Crippen LogP contribution is 2.17. The summed E-state index contributed by atoms with van der Waals surface area (Å²) < 4.78 is 42.3. The second kappa shape index (κ2) is 9.14. The summed E-state index contributed by atoms with van der Waals surface area (Å²) in [6, 6.07) is -0.862. The molecule has 0 saturated heterocycles. The van der Waals surface area contributed by atoms with E-state index in [0.717, 1.165) is 4.90 Å². The molecular weight excluding hydrogens is 261 g/mol. The van der Waals surface area contributed by atoms with Crippen LogP contribution in [0.15, 0.2) is 0 Å². The van der Waals surface area contributed by atoms with Gasteiger partial charge in [-0.05, 0) is 19.8 Å². The molecule has 0 aromatic carbocycles. The fourth-order valence-corrected chi connectivity index (χ4v) is 1.65. The number of carbonyl (C=O) groups excluding carboxylic acids is 1. The number of hydrogen-bond acceptors (Lipinski definition) is 3. The fraction of sp³-hybridized carbons (Fsp3) is 0.917. The highest BCUT2D eigenvalue weighted by atomic mass is 19.4. The Kier molecular flexibility index (Phi) is 8.75. The van der Waals surface area contributed by atoms with Crippen LogP contribution in [0.25, 0.3) is 0 Å². The van der Waals surface area contributed by atoms with E-state index in [2.05, 4.69) is 0 Å². The van der Waals surface area contributed by atoms with E-state index in [-0.39, 0.29) is 6.54 Å². The lowest BCUT2D eigenvalue weighted by atomic mass is 10.1. The van der Waals surface area contributed by atoms with Crippen LogP contribution in [0.5, 0.6) is 0 Å². The zero-order chi connectivity index (χ0) is 14.9. The summed E-state index contributed by atoms with van der Waals surface area (Å²) in [5.41, 5.74) is 5.59. The first-order chi connectivity index (χ1) is 8.81. The number of rotatable bonds is 9. The van der Waals surface area contributed by atoms with Crippen molar-refractivity contribution in [3.05, 3.63) is 0 Å². The molecule has 0 aliphatic heterocycles. The van der Waals surface area contributed by atoms with Gasteiger partial charge in [0, 0.05) is 19.8 Å². The monoisotopic (exact) mass is 284 g/mol. The predicted octanol–water partition coefficient (Wildman–Crippen LogP) is 1.93. The lowest BCUT2D eigenvalue weighted by Gasteiger charge is -2.26. The molecule has 0 aliphatic carbocycles. The van der Waals surface area contributed by atoms with Crippen LogP contribution in [0.3, 0.4) is 0 Å². The summed E-state index contributed by atoms with van der Waals surface area (Å²) >= 11 is 0. The minimum absolute atomic E-state index is 0.00968. The van der Waals surface area contributed by atoms with Crippen molar-refractivity contribution in [2.45, 2.75) is 45.3 Å². The van der Waals surface area contributed by atoms with Gasteiger partial charge in [0.15, 0.2) is 0 Å². The van der Waals surface area contributed by atoms with Gasteiger partial charge in [0.2, 0.25) is 5.91 Å². The second-order valence-corrected chi connectivity index (χ2v) is 4.32. The van der Waals surface area contributed by atoms with Crippen LogP contribution in [0, 0.1) is 0 Å². The van der Waals surface area contributed by atoms with Crippen LogP contribution >= 0.6 is 0 Å². The Hall–Kier alpha value is -0.820. The average Bonchev–Trinajstić information content (AvgIpc) is 2.31. The Morgan fingerprint density at radius 3 is 2.47 bits per heavy atom. The van der Waals surface area contributed by atoms with Crippen molar-refractivity contribution in [2.75, 3.05) is 26.3 Å². The molecule has 0 saturated carbocycles. The number of halogens is 3. The molecule has 0 bridgehead atoms. The van der Waals surface area contributed by atoms with Gasteiger partial charge in [-0.15, -0.1) is 0 Å². The Balaban J connectivity index is 4.43. The maximum Gasteiger partial charge on any atom is 0.406 e. The molecule has 4 nitrogen and oxygen atoms in total. The summed E-state index contributed by atoms with van der Waals surface area (Å²) in [5, 5.41) is 0. The lowest BCUT2D eigenvalue weighted by Crippen LogP contribution is -2.48. The zero-order valence-corrected chi connectivity index (χ0v) is 11.5. The summed E-state index contributed by atoms with van der Waals surface area (Å²) in [6.45, 7) is 3.22. The molecule has 0 fully saturated rings. The number of nitrogens with zero attached hydrogens (tertiary/aromatic N) is 1. The molecular formula is C12H23F3N2O2. The average molecular weight is 284 g/mol. The van der Waals surface area contributed by atoms with E-state index in [1.807, 2.05) is 6.92 Å². The van der Waals surface area contributed by atoms with E-state index in [1.54, 1.807) is 6.92 Å². The van der Waals surface area contributed by atoms with E-state index < -0.39 is 24.7 Å². The molecule has 0 rings (SSSR count). The quantitative estimate of drug-likeness (QED) is 0.658. The third kappa shape index (κ3) is 8.83. The molecule has 2 N–H and O–H groups in total. The van der Waals surface area contributed by atoms with Crippen LogP contribution in [0.4, 0.5) is 13.2 Å². The van der Waals surface area contributed by atoms with E-state index in [9.17, 15) is 18.0 Å². The molecule has 0 aliphatic rings. The number of ether oxygens (including phenoxy) is 1. The molecule has 7 heteroatoms. The van der Waals surface area contributed by atoms with Crippen molar-refractivity contribution in [3.8, 4) is 0 Å². The molecule has 1 amide bonds. The molecule has 114 valence electrons. The van der Waals surface area contributed by atoms with Crippen LogP contribution in [-0.2, 0) is 9.53 Å². The lowest BCUT2D eigenvalue weighted by molar-refractivity contribution is -0.162. The number of amides is 1. The third-order valence-electron chi connectivity index (χ3n) is 2.52. The van der Waals surface area contributed by atoms with Gasteiger partial charge in [-0.3, -0.25) is 4.79 Å². The summed E-state index contributed by atoms with van der Waals surface area (Å²) in [6.07, 6.45) is -2.99. The highest BCUT2D eigenvalue weighted by Gasteiger charge is 2.34. The number of carbonyl (C=O) groups is 1. The minimum Gasteiger partial charge on any atom is -0.382 e. The van der Waals surface area contributed by atoms with Gasteiger partial charge in [0.1, 0.15) is 6.54 Å². The predicted molar refractivity (Wildman–Crippen MR) is 66.6 cm³/mol. The van der Waals surface area contributed by atoms with Gasteiger partial charge in [0.05, 0.1) is 6.04 Å². The molecule has 19 heavy (non-hydrogen) atoms. The Morgan fingerprint density at radius 2 is 2.00 bits per heavy atom.